The van der Waals surface area contributed by atoms with Gasteiger partial charge in [0.1, 0.15) is 6.04 Å². The molecule has 2 saturated carbocycles. The van der Waals surface area contributed by atoms with Gasteiger partial charge in [-0.1, -0.05) is 20.8 Å². The zero-order valence-electron chi connectivity index (χ0n) is 15.1. The van der Waals surface area contributed by atoms with Crippen LogP contribution in [0, 0.1) is 16.7 Å². The van der Waals surface area contributed by atoms with Gasteiger partial charge in [-0.25, -0.2) is 0 Å². The first-order valence-corrected chi connectivity index (χ1v) is 9.06. The van der Waals surface area contributed by atoms with E-state index in [0.29, 0.717) is 12.5 Å². The molecular formula is C18H32N2O3. The molecule has 23 heavy (non-hydrogen) atoms. The predicted octanol–water partition coefficient (Wildman–Crippen LogP) is 1.79. The molecule has 0 unspecified atom stereocenters. The van der Waals surface area contributed by atoms with Crippen LogP contribution in [0.15, 0.2) is 0 Å². The highest BCUT2D eigenvalue weighted by Crippen LogP contribution is 2.71. The molecular weight excluding hydrogens is 292 g/mol. The SMILES string of the molecule is CCOC(=O)[C@H](N)[C@]1(N2CCOCC2)C[C@@H]2CC[C@]1(C)C2(C)C. The van der Waals surface area contributed by atoms with Gasteiger partial charge in [0.25, 0.3) is 0 Å². The summed E-state index contributed by atoms with van der Waals surface area (Å²) in [4.78, 5) is 15.1. The second-order valence-electron chi connectivity index (χ2n) is 8.25. The van der Waals surface area contributed by atoms with Crippen LogP contribution in [0.2, 0.25) is 0 Å². The predicted molar refractivity (Wildman–Crippen MR) is 89.0 cm³/mol. The summed E-state index contributed by atoms with van der Waals surface area (Å²) in [5.41, 5.74) is 6.51. The number of rotatable bonds is 4. The third-order valence-corrected chi connectivity index (χ3v) is 7.58. The standard InChI is InChI=1S/C18H32N2O3/c1-5-23-15(21)14(19)18(20-8-10-22-11-9-20)12-13-6-7-17(18,4)16(13,2)3/h13-14H,5-12,19H2,1-4H3/t13-,14-,17+,18+/m0/s1. The maximum absolute atomic E-state index is 12.6. The number of morpholine rings is 1. The molecule has 0 amide bonds. The number of hydrogen-bond acceptors (Lipinski definition) is 5. The lowest BCUT2D eigenvalue weighted by atomic mass is 9.59. The van der Waals surface area contributed by atoms with E-state index < -0.39 is 6.04 Å². The zero-order valence-corrected chi connectivity index (χ0v) is 15.1. The highest BCUT2D eigenvalue weighted by atomic mass is 16.5. The third-order valence-electron chi connectivity index (χ3n) is 7.58. The van der Waals surface area contributed by atoms with E-state index in [2.05, 4.69) is 25.7 Å². The Kier molecular flexibility index (Phi) is 4.27. The minimum absolute atomic E-state index is 0.0220. The van der Waals surface area contributed by atoms with Gasteiger partial charge in [-0.3, -0.25) is 9.69 Å². The van der Waals surface area contributed by atoms with Gasteiger partial charge in [0.2, 0.25) is 0 Å². The van der Waals surface area contributed by atoms with Gasteiger partial charge in [0.15, 0.2) is 0 Å². The molecule has 5 nitrogen and oxygen atoms in total. The molecule has 132 valence electrons. The minimum Gasteiger partial charge on any atom is -0.465 e. The first-order chi connectivity index (χ1) is 10.8. The average molecular weight is 324 g/mol. The maximum Gasteiger partial charge on any atom is 0.324 e. The number of esters is 1. The fourth-order valence-corrected chi connectivity index (χ4v) is 5.86. The summed E-state index contributed by atoms with van der Waals surface area (Å²) >= 11 is 0. The van der Waals surface area contributed by atoms with E-state index in [0.717, 1.165) is 39.1 Å². The minimum atomic E-state index is -0.588. The number of nitrogens with zero attached hydrogens (tertiary/aromatic N) is 1. The molecule has 3 aliphatic rings. The summed E-state index contributed by atoms with van der Waals surface area (Å²) < 4.78 is 10.9. The first-order valence-electron chi connectivity index (χ1n) is 9.06. The third kappa shape index (κ3) is 2.12. The highest BCUT2D eigenvalue weighted by molar-refractivity contribution is 5.78. The summed E-state index contributed by atoms with van der Waals surface area (Å²) in [6, 6.07) is -0.588. The Morgan fingerprint density at radius 1 is 1.35 bits per heavy atom. The van der Waals surface area contributed by atoms with Crippen molar-refractivity contribution in [2.75, 3.05) is 32.9 Å². The molecule has 2 N–H and O–H groups in total. The summed E-state index contributed by atoms with van der Waals surface area (Å²) in [5, 5.41) is 0. The largest absolute Gasteiger partial charge is 0.465 e. The molecule has 2 aliphatic carbocycles. The fourth-order valence-electron chi connectivity index (χ4n) is 5.86. The molecule has 1 heterocycles. The summed E-state index contributed by atoms with van der Waals surface area (Å²) in [6.07, 6.45) is 3.37. The lowest BCUT2D eigenvalue weighted by Gasteiger charge is -2.57. The molecule has 1 aliphatic heterocycles. The Morgan fingerprint density at radius 2 is 2.00 bits per heavy atom. The van der Waals surface area contributed by atoms with Crippen molar-refractivity contribution in [2.45, 2.75) is 58.5 Å². The van der Waals surface area contributed by atoms with Crippen LogP contribution in [-0.2, 0) is 14.3 Å². The van der Waals surface area contributed by atoms with Crippen molar-refractivity contribution in [3.8, 4) is 0 Å². The van der Waals surface area contributed by atoms with E-state index in [4.69, 9.17) is 15.2 Å². The Hall–Kier alpha value is -0.650. The van der Waals surface area contributed by atoms with E-state index in [1.54, 1.807) is 0 Å². The Morgan fingerprint density at radius 3 is 2.48 bits per heavy atom. The molecule has 3 rings (SSSR count). The van der Waals surface area contributed by atoms with Crippen molar-refractivity contribution in [1.29, 1.82) is 0 Å². The van der Waals surface area contributed by atoms with Gasteiger partial charge in [-0.05, 0) is 42.9 Å². The summed E-state index contributed by atoms with van der Waals surface area (Å²) in [5.74, 6) is 0.374. The van der Waals surface area contributed by atoms with Crippen molar-refractivity contribution in [2.24, 2.45) is 22.5 Å². The second kappa shape index (κ2) is 5.71. The van der Waals surface area contributed by atoms with Crippen LogP contribution < -0.4 is 5.73 Å². The molecule has 0 spiro atoms. The monoisotopic (exact) mass is 324 g/mol. The van der Waals surface area contributed by atoms with Gasteiger partial charge in [-0.2, -0.15) is 0 Å². The maximum atomic E-state index is 12.6. The van der Waals surface area contributed by atoms with Crippen molar-refractivity contribution < 1.29 is 14.3 Å². The van der Waals surface area contributed by atoms with Crippen LogP contribution in [0.3, 0.4) is 0 Å². The van der Waals surface area contributed by atoms with E-state index >= 15 is 0 Å². The van der Waals surface area contributed by atoms with Crippen molar-refractivity contribution in [3.63, 3.8) is 0 Å². The van der Waals surface area contributed by atoms with E-state index in [1.165, 1.54) is 6.42 Å². The quantitative estimate of drug-likeness (QED) is 0.799. The van der Waals surface area contributed by atoms with E-state index in [1.807, 2.05) is 6.92 Å². The molecule has 2 bridgehead atoms. The number of hydrogen-bond donors (Lipinski definition) is 1. The van der Waals surface area contributed by atoms with Gasteiger partial charge in [0.05, 0.1) is 25.4 Å². The Bertz CT molecular complexity index is 475. The molecule has 4 atom stereocenters. The van der Waals surface area contributed by atoms with Crippen LogP contribution in [0.1, 0.15) is 47.0 Å². The lowest BCUT2D eigenvalue weighted by Crippen LogP contribution is -2.71. The van der Waals surface area contributed by atoms with Crippen molar-refractivity contribution >= 4 is 5.97 Å². The molecule has 3 fully saturated rings. The average Bonchev–Trinajstić information content (AvgIpc) is 2.87. The normalized spacial score (nSPS) is 41.0. The lowest BCUT2D eigenvalue weighted by molar-refractivity contribution is -0.159. The van der Waals surface area contributed by atoms with E-state index in [9.17, 15) is 4.79 Å². The molecule has 0 aromatic carbocycles. The summed E-state index contributed by atoms with van der Waals surface area (Å²) in [6.45, 7) is 12.5. The molecule has 5 heteroatoms. The van der Waals surface area contributed by atoms with Crippen LogP contribution in [0.5, 0.6) is 0 Å². The first kappa shape index (κ1) is 17.2. The van der Waals surface area contributed by atoms with Gasteiger partial charge in [-0.15, -0.1) is 0 Å². The number of fused-ring (bicyclic) bond motifs is 2. The smallest absolute Gasteiger partial charge is 0.324 e. The van der Waals surface area contributed by atoms with Gasteiger partial charge < -0.3 is 15.2 Å². The van der Waals surface area contributed by atoms with Crippen LogP contribution in [-0.4, -0.2) is 55.4 Å². The number of carbonyl (C=O) groups is 1. The second-order valence-corrected chi connectivity index (χ2v) is 8.25. The molecule has 0 aromatic rings. The topological polar surface area (TPSA) is 64.8 Å². The highest BCUT2D eigenvalue weighted by Gasteiger charge is 2.73. The molecule has 0 radical (unpaired) electrons. The van der Waals surface area contributed by atoms with Gasteiger partial charge >= 0.3 is 5.97 Å². The number of carbonyl (C=O) groups excluding carboxylic acids is 1. The fraction of sp³-hybridized carbons (Fsp3) is 0.944. The van der Waals surface area contributed by atoms with Crippen LogP contribution in [0.4, 0.5) is 0 Å². The number of ether oxygens (including phenoxy) is 2. The van der Waals surface area contributed by atoms with E-state index in [-0.39, 0.29) is 22.3 Å². The molecule has 0 aromatic heterocycles. The van der Waals surface area contributed by atoms with Gasteiger partial charge in [0, 0.05) is 13.1 Å². The Balaban J connectivity index is 2.03. The van der Waals surface area contributed by atoms with Crippen LogP contribution >= 0.6 is 0 Å². The number of nitrogens with two attached hydrogens (primary N) is 1. The Labute approximate surface area is 139 Å². The zero-order chi connectivity index (χ0) is 16.9. The summed E-state index contributed by atoms with van der Waals surface area (Å²) in [7, 11) is 0. The molecule has 1 saturated heterocycles. The van der Waals surface area contributed by atoms with Crippen LogP contribution in [0.25, 0.3) is 0 Å². The van der Waals surface area contributed by atoms with Crippen molar-refractivity contribution in [3.05, 3.63) is 0 Å². The van der Waals surface area contributed by atoms with Crippen molar-refractivity contribution in [1.82, 2.24) is 4.90 Å².